The van der Waals surface area contributed by atoms with E-state index in [0.717, 1.165) is 24.1 Å². The topological polar surface area (TPSA) is 52.7 Å². The molecule has 0 spiro atoms. The van der Waals surface area contributed by atoms with Crippen molar-refractivity contribution in [3.63, 3.8) is 0 Å². The fourth-order valence-corrected chi connectivity index (χ4v) is 2.97. The largest absolute Gasteiger partial charge is 0.274 e. The summed E-state index contributed by atoms with van der Waals surface area (Å²) in [7, 11) is 0. The van der Waals surface area contributed by atoms with E-state index in [1.807, 2.05) is 35.1 Å². The molecule has 0 bridgehead atoms. The van der Waals surface area contributed by atoms with E-state index in [-0.39, 0.29) is 5.56 Å². The highest BCUT2D eigenvalue weighted by Crippen LogP contribution is 2.31. The van der Waals surface area contributed by atoms with Gasteiger partial charge in [0.15, 0.2) is 0 Å². The quantitative estimate of drug-likeness (QED) is 0.729. The Balaban J connectivity index is 1.78. The summed E-state index contributed by atoms with van der Waals surface area (Å²) in [6.45, 7) is 1.80. The van der Waals surface area contributed by atoms with Gasteiger partial charge in [0.2, 0.25) is 0 Å². The van der Waals surface area contributed by atoms with Gasteiger partial charge < -0.3 is 0 Å². The number of aromatic nitrogens is 4. The van der Waals surface area contributed by atoms with E-state index in [2.05, 4.69) is 10.2 Å². The Labute approximate surface area is 144 Å². The molecule has 24 heavy (non-hydrogen) atoms. The molecule has 1 saturated carbocycles. The van der Waals surface area contributed by atoms with Gasteiger partial charge in [0.25, 0.3) is 5.56 Å². The maximum absolute atomic E-state index is 12.5. The summed E-state index contributed by atoms with van der Waals surface area (Å²) in [5.74, 6) is 0. The normalized spacial score (nSPS) is 14.6. The highest BCUT2D eigenvalue weighted by molar-refractivity contribution is 6.30. The summed E-state index contributed by atoms with van der Waals surface area (Å²) in [5, 5.41) is 9.60. The molecule has 0 saturated heterocycles. The molecular weight excluding hydrogens is 324 g/mol. The Hall–Kier alpha value is -2.40. The van der Waals surface area contributed by atoms with E-state index in [1.165, 1.54) is 11.1 Å². The van der Waals surface area contributed by atoms with Crippen molar-refractivity contribution in [2.45, 2.75) is 32.2 Å². The average Bonchev–Trinajstić information content (AvgIpc) is 2.98. The molecule has 1 aliphatic carbocycles. The minimum atomic E-state index is -0.124. The van der Waals surface area contributed by atoms with Crippen molar-refractivity contribution in [1.82, 2.24) is 19.6 Å². The SMILES string of the molecule is Cc1cc(-c2ccc(Cl)cc2)nn(-c2cnn(C3CCC3)c2)c1=O. The molecule has 3 aromatic rings. The first kappa shape index (κ1) is 15.1. The molecule has 4 rings (SSSR count). The molecule has 2 heterocycles. The van der Waals surface area contributed by atoms with Gasteiger partial charge in [0.05, 0.1) is 24.1 Å². The Morgan fingerprint density at radius 1 is 1.21 bits per heavy atom. The molecule has 122 valence electrons. The summed E-state index contributed by atoms with van der Waals surface area (Å²) in [6.07, 6.45) is 7.14. The second-order valence-electron chi connectivity index (χ2n) is 6.20. The first-order valence-electron chi connectivity index (χ1n) is 8.03. The lowest BCUT2D eigenvalue weighted by Crippen LogP contribution is -2.23. The minimum absolute atomic E-state index is 0.124. The molecule has 0 unspecified atom stereocenters. The van der Waals surface area contributed by atoms with Crippen molar-refractivity contribution >= 4 is 11.6 Å². The minimum Gasteiger partial charge on any atom is -0.267 e. The number of hydrogen-bond donors (Lipinski definition) is 0. The fourth-order valence-electron chi connectivity index (χ4n) is 2.84. The highest BCUT2D eigenvalue weighted by Gasteiger charge is 2.21. The number of aryl methyl sites for hydroxylation is 1. The van der Waals surface area contributed by atoms with Gasteiger partial charge in [-0.1, -0.05) is 23.7 Å². The molecule has 1 fully saturated rings. The Kier molecular flexibility index (Phi) is 3.73. The summed E-state index contributed by atoms with van der Waals surface area (Å²) in [5.41, 5.74) is 2.88. The predicted octanol–water partition coefficient (Wildman–Crippen LogP) is 3.78. The third-order valence-electron chi connectivity index (χ3n) is 4.51. The van der Waals surface area contributed by atoms with Crippen molar-refractivity contribution in [2.75, 3.05) is 0 Å². The van der Waals surface area contributed by atoms with E-state index in [1.54, 1.807) is 19.2 Å². The van der Waals surface area contributed by atoms with Gasteiger partial charge in [0, 0.05) is 16.1 Å². The van der Waals surface area contributed by atoms with Crippen LogP contribution in [0.25, 0.3) is 16.9 Å². The second-order valence-corrected chi connectivity index (χ2v) is 6.64. The van der Waals surface area contributed by atoms with Crippen LogP contribution in [0.1, 0.15) is 30.9 Å². The van der Waals surface area contributed by atoms with Gasteiger partial charge in [-0.15, -0.1) is 0 Å². The third kappa shape index (κ3) is 2.65. The van der Waals surface area contributed by atoms with Crippen LogP contribution in [0.2, 0.25) is 5.02 Å². The lowest BCUT2D eigenvalue weighted by molar-refractivity contribution is 0.289. The van der Waals surface area contributed by atoms with Gasteiger partial charge >= 0.3 is 0 Å². The molecular formula is C18H17ClN4O. The van der Waals surface area contributed by atoms with Crippen LogP contribution in [0.5, 0.6) is 0 Å². The zero-order valence-corrected chi connectivity index (χ0v) is 14.1. The smallest absolute Gasteiger partial charge is 0.267 e. The Morgan fingerprint density at radius 3 is 2.62 bits per heavy atom. The summed E-state index contributed by atoms with van der Waals surface area (Å²) < 4.78 is 3.37. The van der Waals surface area contributed by atoms with Crippen molar-refractivity contribution in [1.29, 1.82) is 0 Å². The maximum atomic E-state index is 12.5. The first-order valence-corrected chi connectivity index (χ1v) is 8.41. The first-order chi connectivity index (χ1) is 11.6. The van der Waals surface area contributed by atoms with E-state index < -0.39 is 0 Å². The maximum Gasteiger partial charge on any atom is 0.274 e. The van der Waals surface area contributed by atoms with Gasteiger partial charge in [-0.3, -0.25) is 9.48 Å². The molecule has 0 amide bonds. The van der Waals surface area contributed by atoms with Gasteiger partial charge in [-0.05, 0) is 44.4 Å². The van der Waals surface area contributed by atoms with Crippen LogP contribution >= 0.6 is 11.6 Å². The number of halogens is 1. The molecule has 0 N–H and O–H groups in total. The molecule has 5 nitrogen and oxygen atoms in total. The van der Waals surface area contributed by atoms with Crippen LogP contribution in [0.4, 0.5) is 0 Å². The summed E-state index contributed by atoms with van der Waals surface area (Å²) in [6, 6.07) is 9.69. The van der Waals surface area contributed by atoms with Crippen LogP contribution in [0.3, 0.4) is 0 Å². The van der Waals surface area contributed by atoms with E-state index >= 15 is 0 Å². The van der Waals surface area contributed by atoms with E-state index in [0.29, 0.717) is 22.3 Å². The van der Waals surface area contributed by atoms with Crippen LogP contribution in [-0.4, -0.2) is 19.6 Å². The predicted molar refractivity (Wildman–Crippen MR) is 93.7 cm³/mol. The zero-order valence-electron chi connectivity index (χ0n) is 13.3. The molecule has 2 aromatic heterocycles. The molecule has 0 radical (unpaired) electrons. The van der Waals surface area contributed by atoms with Crippen molar-refractivity contribution in [3.8, 4) is 16.9 Å². The van der Waals surface area contributed by atoms with Crippen molar-refractivity contribution < 1.29 is 0 Å². The molecule has 6 heteroatoms. The van der Waals surface area contributed by atoms with Crippen molar-refractivity contribution in [3.05, 3.63) is 63.7 Å². The molecule has 1 aliphatic rings. The van der Waals surface area contributed by atoms with Crippen LogP contribution in [-0.2, 0) is 0 Å². The lowest BCUT2D eigenvalue weighted by Gasteiger charge is -2.25. The number of benzene rings is 1. The van der Waals surface area contributed by atoms with Crippen molar-refractivity contribution in [2.24, 2.45) is 0 Å². The lowest BCUT2D eigenvalue weighted by atomic mass is 9.93. The summed E-state index contributed by atoms with van der Waals surface area (Å²) >= 11 is 5.95. The number of nitrogens with zero attached hydrogens (tertiary/aromatic N) is 4. The van der Waals surface area contributed by atoms with Gasteiger partial charge in [0.1, 0.15) is 5.69 Å². The van der Waals surface area contributed by atoms with E-state index in [9.17, 15) is 4.79 Å². The standard InChI is InChI=1S/C18H17ClN4O/c1-12-9-17(13-5-7-14(19)8-6-13)21-23(18(12)24)16-10-20-22(11-16)15-3-2-4-15/h5-11,15H,2-4H2,1H3. The Morgan fingerprint density at radius 2 is 1.96 bits per heavy atom. The Bertz CT molecular complexity index is 938. The molecule has 0 atom stereocenters. The number of hydrogen-bond acceptors (Lipinski definition) is 3. The monoisotopic (exact) mass is 340 g/mol. The van der Waals surface area contributed by atoms with Crippen LogP contribution in [0.15, 0.2) is 47.5 Å². The molecule has 0 aliphatic heterocycles. The van der Waals surface area contributed by atoms with Crippen LogP contribution in [0, 0.1) is 6.92 Å². The van der Waals surface area contributed by atoms with Gasteiger partial charge in [-0.2, -0.15) is 14.9 Å². The summed E-state index contributed by atoms with van der Waals surface area (Å²) in [4.78, 5) is 12.5. The van der Waals surface area contributed by atoms with Crippen LogP contribution < -0.4 is 5.56 Å². The molecule has 1 aromatic carbocycles. The zero-order chi connectivity index (χ0) is 16.7. The highest BCUT2D eigenvalue weighted by atomic mass is 35.5. The third-order valence-corrected chi connectivity index (χ3v) is 4.76. The van der Waals surface area contributed by atoms with E-state index in [4.69, 9.17) is 11.6 Å². The fraction of sp³-hybridized carbons (Fsp3) is 0.278. The second kappa shape index (κ2) is 5.91. The number of rotatable bonds is 3. The van der Waals surface area contributed by atoms with Gasteiger partial charge in [-0.25, -0.2) is 0 Å². The average molecular weight is 341 g/mol.